The standard InChI is InChI=1S/C12H12N2O5/c1-7(12(16)17)13-14-11(15)10-6-18-8-4-2-3-5-9(8)19-10/h2-5,10H,6H2,1H3,(H,14,15)(H,16,17)/b13-7+. The molecular weight excluding hydrogens is 252 g/mol. The van der Waals surface area contributed by atoms with Gasteiger partial charge in [-0.3, -0.25) is 4.79 Å². The predicted octanol–water partition coefficient (Wildman–Crippen LogP) is 0.403. The number of hydrogen-bond acceptors (Lipinski definition) is 5. The average Bonchev–Trinajstić information content (AvgIpc) is 2.43. The molecule has 1 aliphatic rings. The minimum absolute atomic E-state index is 0.0461. The SMILES string of the molecule is C/C(=N\NC(=O)C1COc2ccccc2O1)C(=O)O. The maximum absolute atomic E-state index is 11.7. The zero-order valence-corrected chi connectivity index (χ0v) is 10.1. The van der Waals surface area contributed by atoms with Crippen molar-refractivity contribution in [3.8, 4) is 11.5 Å². The summed E-state index contributed by atoms with van der Waals surface area (Å²) in [7, 11) is 0. The maximum atomic E-state index is 11.7. The van der Waals surface area contributed by atoms with E-state index in [1.54, 1.807) is 24.3 Å². The van der Waals surface area contributed by atoms with Crippen LogP contribution in [0.15, 0.2) is 29.4 Å². The number of rotatable bonds is 3. The summed E-state index contributed by atoms with van der Waals surface area (Å²) in [5, 5.41) is 12.0. The van der Waals surface area contributed by atoms with Crippen LogP contribution in [0.3, 0.4) is 0 Å². The number of nitrogens with one attached hydrogen (secondary N) is 1. The number of carboxylic acids is 1. The van der Waals surface area contributed by atoms with Crippen LogP contribution in [0.1, 0.15) is 6.92 Å². The van der Waals surface area contributed by atoms with Crippen molar-refractivity contribution in [2.75, 3.05) is 6.61 Å². The van der Waals surface area contributed by atoms with E-state index in [4.69, 9.17) is 14.6 Å². The fourth-order valence-corrected chi connectivity index (χ4v) is 1.41. The molecule has 7 nitrogen and oxygen atoms in total. The maximum Gasteiger partial charge on any atom is 0.351 e. The molecule has 1 unspecified atom stereocenters. The van der Waals surface area contributed by atoms with Crippen molar-refractivity contribution in [3.63, 3.8) is 0 Å². The fourth-order valence-electron chi connectivity index (χ4n) is 1.41. The van der Waals surface area contributed by atoms with Crippen molar-refractivity contribution in [1.82, 2.24) is 5.43 Å². The van der Waals surface area contributed by atoms with Gasteiger partial charge in [0, 0.05) is 0 Å². The Morgan fingerprint density at radius 3 is 2.74 bits per heavy atom. The first-order valence-electron chi connectivity index (χ1n) is 5.54. The molecule has 0 fully saturated rings. The zero-order valence-electron chi connectivity index (χ0n) is 10.1. The zero-order chi connectivity index (χ0) is 13.8. The van der Waals surface area contributed by atoms with Gasteiger partial charge in [0.15, 0.2) is 11.5 Å². The molecule has 0 aliphatic carbocycles. The van der Waals surface area contributed by atoms with Gasteiger partial charge in [-0.2, -0.15) is 5.10 Å². The summed E-state index contributed by atoms with van der Waals surface area (Å²) in [6.45, 7) is 1.32. The molecule has 0 spiro atoms. The second-order valence-electron chi connectivity index (χ2n) is 3.84. The second kappa shape index (κ2) is 5.38. The molecule has 2 N–H and O–H groups in total. The summed E-state index contributed by atoms with van der Waals surface area (Å²) in [5.41, 5.74) is 1.91. The third kappa shape index (κ3) is 3.01. The van der Waals surface area contributed by atoms with Gasteiger partial charge in [-0.1, -0.05) is 12.1 Å². The Kier molecular flexibility index (Phi) is 3.65. The predicted molar refractivity (Wildman–Crippen MR) is 65.2 cm³/mol. The molecule has 0 radical (unpaired) electrons. The third-order valence-corrected chi connectivity index (χ3v) is 2.44. The molecule has 100 valence electrons. The number of aliphatic carboxylic acids is 1. The number of fused-ring (bicyclic) bond motifs is 1. The van der Waals surface area contributed by atoms with Crippen molar-refractivity contribution < 1.29 is 24.2 Å². The van der Waals surface area contributed by atoms with Crippen LogP contribution < -0.4 is 14.9 Å². The number of para-hydroxylation sites is 2. The van der Waals surface area contributed by atoms with Gasteiger partial charge in [0.05, 0.1) is 0 Å². The molecule has 1 heterocycles. The monoisotopic (exact) mass is 264 g/mol. The Hall–Kier alpha value is -2.57. The smallest absolute Gasteiger partial charge is 0.351 e. The van der Waals surface area contributed by atoms with E-state index in [1.807, 2.05) is 0 Å². The first-order valence-corrected chi connectivity index (χ1v) is 5.54. The second-order valence-corrected chi connectivity index (χ2v) is 3.84. The lowest BCUT2D eigenvalue weighted by atomic mass is 10.2. The van der Waals surface area contributed by atoms with Crippen molar-refractivity contribution in [2.45, 2.75) is 13.0 Å². The molecule has 0 bridgehead atoms. The van der Waals surface area contributed by atoms with Crippen LogP contribution in [-0.4, -0.2) is 35.4 Å². The molecule has 1 atom stereocenters. The normalized spacial score (nSPS) is 17.7. The van der Waals surface area contributed by atoms with Gasteiger partial charge in [0.2, 0.25) is 6.10 Å². The molecule has 19 heavy (non-hydrogen) atoms. The highest BCUT2D eigenvalue weighted by molar-refractivity contribution is 6.34. The van der Waals surface area contributed by atoms with Crippen LogP contribution in [0.25, 0.3) is 0 Å². The Balaban J connectivity index is 1.99. The number of carboxylic acid groups (broad SMARTS) is 1. The van der Waals surface area contributed by atoms with Crippen molar-refractivity contribution in [1.29, 1.82) is 0 Å². The number of benzene rings is 1. The van der Waals surface area contributed by atoms with E-state index in [-0.39, 0.29) is 12.3 Å². The quantitative estimate of drug-likeness (QED) is 0.608. The van der Waals surface area contributed by atoms with Crippen molar-refractivity contribution >= 4 is 17.6 Å². The molecule has 0 aromatic heterocycles. The highest BCUT2D eigenvalue weighted by Crippen LogP contribution is 2.30. The summed E-state index contributed by atoms with van der Waals surface area (Å²) >= 11 is 0. The van der Waals surface area contributed by atoms with Crippen molar-refractivity contribution in [3.05, 3.63) is 24.3 Å². The van der Waals surface area contributed by atoms with Crippen LogP contribution in [-0.2, 0) is 9.59 Å². The summed E-state index contributed by atoms with van der Waals surface area (Å²) in [6.07, 6.45) is -0.861. The van der Waals surface area contributed by atoms with Gasteiger partial charge >= 0.3 is 5.97 Å². The van der Waals surface area contributed by atoms with Gasteiger partial charge in [0.25, 0.3) is 5.91 Å². The minimum atomic E-state index is -1.20. The van der Waals surface area contributed by atoms with Crippen LogP contribution in [0, 0.1) is 0 Å². The first-order chi connectivity index (χ1) is 9.08. The van der Waals surface area contributed by atoms with E-state index in [1.165, 1.54) is 6.92 Å². The first kappa shape index (κ1) is 12.9. The Bertz CT molecular complexity index is 541. The summed E-state index contributed by atoms with van der Waals surface area (Å²) in [6, 6.07) is 6.97. The molecule has 1 amide bonds. The van der Waals surface area contributed by atoms with Crippen LogP contribution in [0.2, 0.25) is 0 Å². The molecule has 0 saturated carbocycles. The fraction of sp³-hybridized carbons (Fsp3) is 0.250. The molecule has 1 aromatic carbocycles. The highest BCUT2D eigenvalue weighted by Gasteiger charge is 2.27. The summed E-state index contributed by atoms with van der Waals surface area (Å²) in [4.78, 5) is 22.2. The molecule has 1 aliphatic heterocycles. The van der Waals surface area contributed by atoms with E-state index in [0.29, 0.717) is 11.5 Å². The average molecular weight is 264 g/mol. The van der Waals surface area contributed by atoms with E-state index < -0.39 is 18.0 Å². The van der Waals surface area contributed by atoms with Gasteiger partial charge in [-0.15, -0.1) is 0 Å². The number of carbonyl (C=O) groups excluding carboxylic acids is 1. The number of nitrogens with zero attached hydrogens (tertiary/aromatic N) is 1. The molecule has 7 heteroatoms. The number of ether oxygens (including phenoxy) is 2. The molecule has 2 rings (SSSR count). The van der Waals surface area contributed by atoms with Crippen LogP contribution in [0.4, 0.5) is 0 Å². The minimum Gasteiger partial charge on any atom is -0.485 e. The highest BCUT2D eigenvalue weighted by atomic mass is 16.6. The Morgan fingerprint density at radius 1 is 1.37 bits per heavy atom. The molecule has 1 aromatic rings. The van der Waals surface area contributed by atoms with Gasteiger partial charge < -0.3 is 14.6 Å². The number of hydrazone groups is 1. The third-order valence-electron chi connectivity index (χ3n) is 2.44. The van der Waals surface area contributed by atoms with Crippen molar-refractivity contribution in [2.24, 2.45) is 5.10 Å². The number of amides is 1. The summed E-state index contributed by atoms with van der Waals surface area (Å²) < 4.78 is 10.8. The van der Waals surface area contributed by atoms with E-state index in [9.17, 15) is 9.59 Å². The van der Waals surface area contributed by atoms with Gasteiger partial charge in [-0.05, 0) is 19.1 Å². The number of carbonyl (C=O) groups is 2. The number of hydrogen-bond donors (Lipinski definition) is 2. The van der Waals surface area contributed by atoms with Gasteiger partial charge in [0.1, 0.15) is 12.3 Å². The molecular formula is C12H12N2O5. The Morgan fingerprint density at radius 2 is 2.05 bits per heavy atom. The lowest BCUT2D eigenvalue weighted by Gasteiger charge is -2.24. The summed E-state index contributed by atoms with van der Waals surface area (Å²) in [5.74, 6) is -0.730. The molecule has 0 saturated heterocycles. The van der Waals surface area contributed by atoms with E-state index in [2.05, 4.69) is 10.5 Å². The van der Waals surface area contributed by atoms with E-state index in [0.717, 1.165) is 0 Å². The van der Waals surface area contributed by atoms with E-state index >= 15 is 0 Å². The lowest BCUT2D eigenvalue weighted by molar-refractivity contribution is -0.130. The largest absolute Gasteiger partial charge is 0.485 e. The van der Waals surface area contributed by atoms with Crippen LogP contribution in [0.5, 0.6) is 11.5 Å². The topological polar surface area (TPSA) is 97.2 Å². The Labute approximate surface area is 108 Å². The van der Waals surface area contributed by atoms with Crippen LogP contribution >= 0.6 is 0 Å². The lowest BCUT2D eigenvalue weighted by Crippen LogP contribution is -2.42. The van der Waals surface area contributed by atoms with Gasteiger partial charge in [-0.25, -0.2) is 10.2 Å².